The highest BCUT2D eigenvalue weighted by atomic mass is 16.1. The van der Waals surface area contributed by atoms with E-state index >= 15 is 0 Å². The third-order valence-electron chi connectivity index (χ3n) is 4.76. The summed E-state index contributed by atoms with van der Waals surface area (Å²) in [6.45, 7) is 1.99. The van der Waals surface area contributed by atoms with Crippen LogP contribution in [0.15, 0.2) is 73.4 Å². The molecule has 29 heavy (non-hydrogen) atoms. The van der Waals surface area contributed by atoms with Crippen LogP contribution in [-0.4, -0.2) is 31.3 Å². The molecule has 1 atom stereocenters. The van der Waals surface area contributed by atoms with E-state index in [0.29, 0.717) is 5.69 Å². The maximum atomic E-state index is 12.3. The Balaban J connectivity index is 1.68. The zero-order valence-electron chi connectivity index (χ0n) is 15.7. The van der Waals surface area contributed by atoms with E-state index in [0.717, 1.165) is 33.4 Å². The van der Waals surface area contributed by atoms with Gasteiger partial charge < -0.3 is 5.73 Å². The summed E-state index contributed by atoms with van der Waals surface area (Å²) in [5.41, 5.74) is 11.9. The fraction of sp³-hybridized carbons (Fsp3) is 0.0909. The van der Waals surface area contributed by atoms with Crippen molar-refractivity contribution in [3.8, 4) is 22.3 Å². The first-order valence-corrected chi connectivity index (χ1v) is 9.03. The Morgan fingerprint density at radius 2 is 1.52 bits per heavy atom. The molecule has 0 aliphatic heterocycles. The summed E-state index contributed by atoms with van der Waals surface area (Å²) in [5, 5.41) is 15.4. The van der Waals surface area contributed by atoms with Crippen LogP contribution in [0, 0.1) is 6.92 Å². The molecule has 142 valence electrons. The van der Waals surface area contributed by atoms with Gasteiger partial charge in [0.1, 0.15) is 5.92 Å². The highest BCUT2D eigenvalue weighted by molar-refractivity contribution is 5.85. The number of carbonyl (C=O) groups is 1. The molecule has 1 amide bonds. The van der Waals surface area contributed by atoms with Crippen LogP contribution in [0.3, 0.4) is 0 Å². The highest BCUT2D eigenvalue weighted by Gasteiger charge is 2.22. The Kier molecular flexibility index (Phi) is 5.03. The molecule has 2 N–H and O–H groups in total. The third kappa shape index (κ3) is 3.84. The van der Waals surface area contributed by atoms with Gasteiger partial charge in [0.25, 0.3) is 0 Å². The van der Waals surface area contributed by atoms with Crippen molar-refractivity contribution in [2.45, 2.75) is 12.8 Å². The lowest BCUT2D eigenvalue weighted by Gasteiger charge is -2.16. The molecule has 0 saturated heterocycles. The monoisotopic (exact) mass is 382 g/mol. The number of hydrogen-bond acceptors (Lipinski definition) is 6. The zero-order chi connectivity index (χ0) is 20.2. The van der Waals surface area contributed by atoms with E-state index in [1.54, 1.807) is 31.0 Å². The predicted molar refractivity (Wildman–Crippen MR) is 109 cm³/mol. The number of carbonyl (C=O) groups excluding carboxylic acids is 1. The van der Waals surface area contributed by atoms with Gasteiger partial charge in [0.2, 0.25) is 5.91 Å². The van der Waals surface area contributed by atoms with Gasteiger partial charge in [-0.05, 0) is 41.8 Å². The van der Waals surface area contributed by atoms with Crippen LogP contribution in [0.5, 0.6) is 0 Å². The number of benzene rings is 1. The summed E-state index contributed by atoms with van der Waals surface area (Å²) in [7, 11) is 0. The second-order valence-corrected chi connectivity index (χ2v) is 6.64. The molecule has 0 spiro atoms. The summed E-state index contributed by atoms with van der Waals surface area (Å²) in [5.74, 6) is -1.09. The van der Waals surface area contributed by atoms with E-state index in [4.69, 9.17) is 5.73 Å². The summed E-state index contributed by atoms with van der Waals surface area (Å²) in [6, 6.07) is 13.3. The molecule has 0 fully saturated rings. The number of hydrogen-bond donors (Lipinski definition) is 1. The molecule has 4 rings (SSSR count). The summed E-state index contributed by atoms with van der Waals surface area (Å²) in [4.78, 5) is 16.8. The van der Waals surface area contributed by atoms with E-state index in [9.17, 15) is 4.79 Å². The van der Waals surface area contributed by atoms with Crippen LogP contribution >= 0.6 is 0 Å². The normalized spacial score (nSPS) is 11.8. The minimum absolute atomic E-state index is 0.450. The zero-order valence-corrected chi connectivity index (χ0v) is 15.7. The van der Waals surface area contributed by atoms with Crippen molar-refractivity contribution < 1.29 is 4.79 Å². The van der Waals surface area contributed by atoms with Crippen LogP contribution in [0.2, 0.25) is 0 Å². The number of amides is 1. The minimum Gasteiger partial charge on any atom is -0.369 e. The molecule has 1 unspecified atom stereocenters. The molecule has 0 bridgehead atoms. The third-order valence-corrected chi connectivity index (χ3v) is 4.76. The van der Waals surface area contributed by atoms with Gasteiger partial charge in [-0.3, -0.25) is 9.78 Å². The largest absolute Gasteiger partial charge is 0.369 e. The topological polar surface area (TPSA) is 108 Å². The van der Waals surface area contributed by atoms with Crippen molar-refractivity contribution in [2.24, 2.45) is 5.73 Å². The molecular weight excluding hydrogens is 364 g/mol. The predicted octanol–water partition coefficient (Wildman–Crippen LogP) is 2.92. The number of aromatic nitrogens is 5. The summed E-state index contributed by atoms with van der Waals surface area (Å²) in [6.07, 6.45) is 8.36. The number of nitrogens with zero attached hydrogens (tertiary/aromatic N) is 5. The fourth-order valence-electron chi connectivity index (χ4n) is 3.33. The lowest BCUT2D eigenvalue weighted by molar-refractivity contribution is -0.118. The average Bonchev–Trinajstić information content (AvgIpc) is 2.75. The van der Waals surface area contributed by atoms with Crippen LogP contribution in [0.25, 0.3) is 22.3 Å². The maximum Gasteiger partial charge on any atom is 0.231 e. The van der Waals surface area contributed by atoms with Crippen molar-refractivity contribution >= 4 is 5.91 Å². The molecule has 0 aliphatic rings. The summed E-state index contributed by atoms with van der Waals surface area (Å²) < 4.78 is 0. The molecule has 0 aliphatic carbocycles. The molecule has 4 aromatic rings. The quantitative estimate of drug-likeness (QED) is 0.569. The van der Waals surface area contributed by atoms with Gasteiger partial charge >= 0.3 is 0 Å². The summed E-state index contributed by atoms with van der Waals surface area (Å²) >= 11 is 0. The standard InChI is InChI=1S/C22H18N6O/c1-14-10-15(2-4-19(14)18-7-9-26-28-13-18)21(22(23)29)20-5-3-16(11-24-20)17-6-8-25-27-12-17/h2-13,21H,1H3,(H2,23,29). The Bertz CT molecular complexity index is 1130. The van der Waals surface area contributed by atoms with Crippen LogP contribution in [0.4, 0.5) is 0 Å². The van der Waals surface area contributed by atoms with Crippen LogP contribution in [0.1, 0.15) is 22.7 Å². The lowest BCUT2D eigenvalue weighted by Crippen LogP contribution is -2.23. The van der Waals surface area contributed by atoms with E-state index < -0.39 is 11.8 Å². The van der Waals surface area contributed by atoms with Gasteiger partial charge in [0.15, 0.2) is 0 Å². The molecule has 1 aromatic carbocycles. The maximum absolute atomic E-state index is 12.3. The van der Waals surface area contributed by atoms with Gasteiger partial charge in [-0.1, -0.05) is 24.3 Å². The average molecular weight is 382 g/mol. The van der Waals surface area contributed by atoms with Crippen molar-refractivity contribution in [3.05, 3.63) is 90.3 Å². The number of primary amides is 1. The molecular formula is C22H18N6O. The molecule has 0 saturated carbocycles. The first-order valence-electron chi connectivity index (χ1n) is 9.03. The number of nitrogens with two attached hydrogens (primary N) is 1. The van der Waals surface area contributed by atoms with E-state index in [1.807, 2.05) is 49.4 Å². The lowest BCUT2D eigenvalue weighted by atomic mass is 9.90. The first kappa shape index (κ1) is 18.4. The van der Waals surface area contributed by atoms with Gasteiger partial charge in [-0.25, -0.2) is 0 Å². The number of rotatable bonds is 5. The Labute approximate surface area is 167 Å². The van der Waals surface area contributed by atoms with Gasteiger partial charge in [0.05, 0.1) is 30.5 Å². The molecule has 7 heteroatoms. The Morgan fingerprint density at radius 1 is 0.828 bits per heavy atom. The molecule has 3 aromatic heterocycles. The molecule has 3 heterocycles. The van der Waals surface area contributed by atoms with Crippen molar-refractivity contribution in [1.29, 1.82) is 0 Å². The van der Waals surface area contributed by atoms with Crippen LogP contribution in [-0.2, 0) is 4.79 Å². The van der Waals surface area contributed by atoms with Crippen molar-refractivity contribution in [2.75, 3.05) is 0 Å². The van der Waals surface area contributed by atoms with E-state index in [-0.39, 0.29) is 0 Å². The second kappa shape index (κ2) is 7.93. The smallest absolute Gasteiger partial charge is 0.231 e. The molecule has 0 radical (unpaired) electrons. The Morgan fingerprint density at radius 3 is 2.07 bits per heavy atom. The van der Waals surface area contributed by atoms with Crippen molar-refractivity contribution in [1.82, 2.24) is 25.4 Å². The number of aryl methyl sites for hydroxylation is 1. The highest BCUT2D eigenvalue weighted by Crippen LogP contribution is 2.29. The number of pyridine rings is 1. The minimum atomic E-state index is -0.636. The van der Waals surface area contributed by atoms with Gasteiger partial charge in [0, 0.05) is 22.9 Å². The van der Waals surface area contributed by atoms with Gasteiger partial charge in [-0.15, -0.1) is 0 Å². The van der Waals surface area contributed by atoms with E-state index in [2.05, 4.69) is 25.4 Å². The van der Waals surface area contributed by atoms with Gasteiger partial charge in [-0.2, -0.15) is 20.4 Å². The SMILES string of the molecule is Cc1cc(C(C(N)=O)c2ccc(-c3ccnnc3)cn2)ccc1-c1ccnnc1. The first-order chi connectivity index (χ1) is 14.1. The van der Waals surface area contributed by atoms with E-state index in [1.165, 1.54) is 0 Å². The molecule has 7 nitrogen and oxygen atoms in total. The second-order valence-electron chi connectivity index (χ2n) is 6.64. The van der Waals surface area contributed by atoms with Crippen molar-refractivity contribution in [3.63, 3.8) is 0 Å². The Hall–Kier alpha value is -4.00. The van der Waals surface area contributed by atoms with Crippen LogP contribution < -0.4 is 5.73 Å². The fourth-order valence-corrected chi connectivity index (χ4v) is 3.33.